The fourth-order valence-electron chi connectivity index (χ4n) is 2.65. The number of hydrogen-bond acceptors (Lipinski definition) is 4. The van der Waals surface area contributed by atoms with E-state index in [1.54, 1.807) is 28.9 Å². The second-order valence-electron chi connectivity index (χ2n) is 5.61. The van der Waals surface area contributed by atoms with Crippen molar-refractivity contribution < 1.29 is 18.0 Å². The Balaban J connectivity index is 1.62. The van der Waals surface area contributed by atoms with E-state index in [1.165, 1.54) is 18.5 Å². The van der Waals surface area contributed by atoms with Gasteiger partial charge in [0.1, 0.15) is 12.1 Å². The molecular formula is C17H11F3N6O. The van der Waals surface area contributed by atoms with Crippen LogP contribution in [0, 0.1) is 0 Å². The molecule has 136 valence electrons. The molecule has 0 fully saturated rings. The number of nitrogens with one attached hydrogen (secondary N) is 2. The molecule has 10 heteroatoms. The number of nitrogens with zero attached hydrogens (tertiary/aromatic N) is 4. The van der Waals surface area contributed by atoms with Crippen LogP contribution in [0.2, 0.25) is 0 Å². The molecule has 0 saturated carbocycles. The van der Waals surface area contributed by atoms with Gasteiger partial charge in [0, 0.05) is 11.9 Å². The van der Waals surface area contributed by atoms with Crippen molar-refractivity contribution >= 4 is 34.1 Å². The van der Waals surface area contributed by atoms with Crippen molar-refractivity contribution in [3.63, 3.8) is 0 Å². The van der Waals surface area contributed by atoms with Gasteiger partial charge in [0.05, 0.1) is 16.5 Å². The largest absolute Gasteiger partial charge is 0.416 e. The minimum absolute atomic E-state index is 0.00693. The SMILES string of the molecule is O=C(Nc1cccc(C(F)(F)F)c1)Nc1ncnc2nn3ccccc3c12. The second-order valence-corrected chi connectivity index (χ2v) is 5.61. The molecule has 4 aromatic rings. The third kappa shape index (κ3) is 3.24. The highest BCUT2D eigenvalue weighted by Crippen LogP contribution is 2.30. The maximum Gasteiger partial charge on any atom is 0.416 e. The van der Waals surface area contributed by atoms with Gasteiger partial charge in [-0.15, -0.1) is 5.10 Å². The zero-order chi connectivity index (χ0) is 19.0. The lowest BCUT2D eigenvalue weighted by Crippen LogP contribution is -2.20. The molecule has 0 saturated heterocycles. The molecule has 0 bridgehead atoms. The molecule has 0 spiro atoms. The number of anilines is 2. The summed E-state index contributed by atoms with van der Waals surface area (Å²) in [5, 5.41) is 9.70. The van der Waals surface area contributed by atoms with Crippen molar-refractivity contribution in [2.24, 2.45) is 0 Å². The van der Waals surface area contributed by atoms with Crippen LogP contribution in [0.4, 0.5) is 29.5 Å². The van der Waals surface area contributed by atoms with E-state index < -0.39 is 17.8 Å². The van der Waals surface area contributed by atoms with Crippen molar-refractivity contribution in [1.29, 1.82) is 0 Å². The summed E-state index contributed by atoms with van der Waals surface area (Å²) >= 11 is 0. The van der Waals surface area contributed by atoms with E-state index in [0.717, 1.165) is 12.1 Å². The van der Waals surface area contributed by atoms with Crippen LogP contribution in [0.25, 0.3) is 16.6 Å². The average molecular weight is 372 g/mol. The molecule has 4 rings (SSSR count). The third-order valence-electron chi connectivity index (χ3n) is 3.80. The Morgan fingerprint density at radius 3 is 2.70 bits per heavy atom. The van der Waals surface area contributed by atoms with Crippen LogP contribution in [0.15, 0.2) is 55.0 Å². The fraction of sp³-hybridized carbons (Fsp3) is 0.0588. The maximum atomic E-state index is 12.8. The molecule has 27 heavy (non-hydrogen) atoms. The lowest BCUT2D eigenvalue weighted by Gasteiger charge is -2.10. The normalized spacial score (nSPS) is 11.7. The highest BCUT2D eigenvalue weighted by Gasteiger charge is 2.30. The van der Waals surface area contributed by atoms with Crippen LogP contribution in [0.1, 0.15) is 5.56 Å². The lowest BCUT2D eigenvalue weighted by molar-refractivity contribution is -0.137. The Morgan fingerprint density at radius 2 is 1.89 bits per heavy atom. The Morgan fingerprint density at radius 1 is 1.04 bits per heavy atom. The number of benzene rings is 1. The number of amides is 2. The first-order valence-electron chi connectivity index (χ1n) is 7.75. The van der Waals surface area contributed by atoms with Crippen LogP contribution in [-0.4, -0.2) is 25.6 Å². The highest BCUT2D eigenvalue weighted by atomic mass is 19.4. The first kappa shape index (κ1) is 16.8. The maximum absolute atomic E-state index is 12.8. The number of halogens is 3. The molecule has 1 aromatic carbocycles. The number of fused-ring (bicyclic) bond motifs is 3. The van der Waals surface area contributed by atoms with Gasteiger partial charge < -0.3 is 5.32 Å². The molecular weight excluding hydrogens is 361 g/mol. The van der Waals surface area contributed by atoms with E-state index in [2.05, 4.69) is 25.7 Å². The van der Waals surface area contributed by atoms with E-state index in [0.29, 0.717) is 16.6 Å². The summed E-state index contributed by atoms with van der Waals surface area (Å²) in [7, 11) is 0. The molecule has 0 radical (unpaired) electrons. The molecule has 0 aliphatic carbocycles. The van der Waals surface area contributed by atoms with Crippen LogP contribution in [0.5, 0.6) is 0 Å². The van der Waals surface area contributed by atoms with Crippen molar-refractivity contribution in [3.05, 3.63) is 60.6 Å². The zero-order valence-corrected chi connectivity index (χ0v) is 13.5. The third-order valence-corrected chi connectivity index (χ3v) is 3.80. The van der Waals surface area contributed by atoms with Gasteiger partial charge >= 0.3 is 12.2 Å². The van der Waals surface area contributed by atoms with Gasteiger partial charge in [-0.3, -0.25) is 5.32 Å². The van der Waals surface area contributed by atoms with Gasteiger partial charge in [-0.2, -0.15) is 13.2 Å². The number of carbonyl (C=O) groups excluding carboxylic acids is 1. The van der Waals surface area contributed by atoms with E-state index in [4.69, 9.17) is 0 Å². The summed E-state index contributed by atoms with van der Waals surface area (Å²) in [6.07, 6.45) is -1.53. The fourth-order valence-corrected chi connectivity index (χ4v) is 2.65. The number of aromatic nitrogens is 4. The van der Waals surface area contributed by atoms with Crippen LogP contribution < -0.4 is 10.6 Å². The summed E-state index contributed by atoms with van der Waals surface area (Å²) in [6.45, 7) is 0. The first-order chi connectivity index (χ1) is 12.9. The summed E-state index contributed by atoms with van der Waals surface area (Å²) in [5.74, 6) is 0.200. The molecule has 0 aliphatic rings. The summed E-state index contributed by atoms with van der Waals surface area (Å²) in [5.41, 5.74) is 0.216. The van der Waals surface area contributed by atoms with Crippen LogP contribution in [0.3, 0.4) is 0 Å². The summed E-state index contributed by atoms with van der Waals surface area (Å²) in [4.78, 5) is 20.4. The van der Waals surface area contributed by atoms with Gasteiger partial charge in [-0.05, 0) is 30.3 Å². The van der Waals surface area contributed by atoms with E-state index in [9.17, 15) is 18.0 Å². The van der Waals surface area contributed by atoms with Crippen molar-refractivity contribution in [2.75, 3.05) is 10.6 Å². The van der Waals surface area contributed by atoms with Gasteiger partial charge in [0.25, 0.3) is 0 Å². The first-order valence-corrected chi connectivity index (χ1v) is 7.75. The second kappa shape index (κ2) is 6.24. The zero-order valence-electron chi connectivity index (χ0n) is 13.5. The van der Waals surface area contributed by atoms with E-state index >= 15 is 0 Å². The number of alkyl halides is 3. The quantitative estimate of drug-likeness (QED) is 0.558. The van der Waals surface area contributed by atoms with E-state index in [1.807, 2.05) is 0 Å². The topological polar surface area (TPSA) is 84.2 Å². The Bertz CT molecular complexity index is 1150. The molecule has 0 unspecified atom stereocenters. The number of hydrogen-bond donors (Lipinski definition) is 2. The number of urea groups is 1. The minimum atomic E-state index is -4.50. The summed E-state index contributed by atoms with van der Waals surface area (Å²) < 4.78 is 39.9. The van der Waals surface area contributed by atoms with Crippen molar-refractivity contribution in [1.82, 2.24) is 19.6 Å². The Kier molecular flexibility index (Phi) is 3.87. The van der Waals surface area contributed by atoms with Crippen LogP contribution >= 0.6 is 0 Å². The molecule has 3 aromatic heterocycles. The smallest absolute Gasteiger partial charge is 0.308 e. The molecule has 0 aliphatic heterocycles. The van der Waals surface area contributed by atoms with Crippen molar-refractivity contribution in [3.8, 4) is 0 Å². The van der Waals surface area contributed by atoms with E-state index in [-0.39, 0.29) is 11.5 Å². The minimum Gasteiger partial charge on any atom is -0.308 e. The van der Waals surface area contributed by atoms with Crippen LogP contribution in [-0.2, 0) is 6.18 Å². The number of rotatable bonds is 2. The monoisotopic (exact) mass is 372 g/mol. The van der Waals surface area contributed by atoms with Gasteiger partial charge in [0.2, 0.25) is 0 Å². The Labute approximate surface area is 149 Å². The standard InChI is InChI=1S/C17H11F3N6O/c18-17(19,20)10-4-3-5-11(8-10)23-16(27)24-14-13-12-6-1-2-7-26(12)25-15(13)22-9-21-14/h1-9H,(H2,21,22,23,24,25,27). The van der Waals surface area contributed by atoms with Gasteiger partial charge in [-0.1, -0.05) is 12.1 Å². The summed E-state index contributed by atoms with van der Waals surface area (Å²) in [6, 6.07) is 9.00. The lowest BCUT2D eigenvalue weighted by atomic mass is 10.2. The van der Waals surface area contributed by atoms with Gasteiger partial charge in [-0.25, -0.2) is 19.3 Å². The highest BCUT2D eigenvalue weighted by molar-refractivity contribution is 6.08. The molecule has 0 atom stereocenters. The molecule has 3 heterocycles. The van der Waals surface area contributed by atoms with Gasteiger partial charge in [0.15, 0.2) is 5.65 Å². The molecule has 2 amide bonds. The number of carbonyl (C=O) groups is 1. The predicted molar refractivity (Wildman–Crippen MR) is 92.4 cm³/mol. The average Bonchev–Trinajstić information content (AvgIpc) is 3.00. The number of pyridine rings is 1. The predicted octanol–water partition coefficient (Wildman–Crippen LogP) is 3.94. The Hall–Kier alpha value is -3.69. The molecule has 2 N–H and O–H groups in total. The van der Waals surface area contributed by atoms with Crippen molar-refractivity contribution in [2.45, 2.75) is 6.18 Å². The molecule has 7 nitrogen and oxygen atoms in total.